The number of hydrogen-bond acceptors (Lipinski definition) is 5. The van der Waals surface area contributed by atoms with Crippen molar-refractivity contribution in [3.63, 3.8) is 0 Å². The fraction of sp³-hybridized carbons (Fsp3) is 0.440. The van der Waals surface area contributed by atoms with Crippen LogP contribution in [-0.2, 0) is 20.7 Å². The Balaban J connectivity index is 1.99. The Kier molecular flexibility index (Phi) is 8.05. The average Bonchev–Trinajstić information content (AvgIpc) is 2.77. The summed E-state index contributed by atoms with van der Waals surface area (Å²) < 4.78 is 25.5. The van der Waals surface area contributed by atoms with Crippen molar-refractivity contribution in [2.24, 2.45) is 0 Å². The van der Waals surface area contributed by atoms with Crippen LogP contribution >= 0.6 is 0 Å². The van der Waals surface area contributed by atoms with E-state index in [1.807, 2.05) is 26.0 Å². The second-order valence-corrected chi connectivity index (χ2v) is 8.56. The molecule has 1 fully saturated rings. The van der Waals surface area contributed by atoms with Gasteiger partial charge in [0.15, 0.2) is 6.61 Å². The number of nitrogens with one attached hydrogen (secondary N) is 1. The molecule has 1 heterocycles. The first-order valence-electron chi connectivity index (χ1n) is 11.0. The lowest BCUT2D eigenvalue weighted by Crippen LogP contribution is -2.51. The summed E-state index contributed by atoms with van der Waals surface area (Å²) in [7, 11) is 0. The third kappa shape index (κ3) is 6.52. The van der Waals surface area contributed by atoms with Gasteiger partial charge in [0, 0.05) is 30.4 Å². The fourth-order valence-corrected chi connectivity index (χ4v) is 4.20. The van der Waals surface area contributed by atoms with Gasteiger partial charge in [-0.15, -0.1) is 0 Å². The summed E-state index contributed by atoms with van der Waals surface area (Å²) in [6.45, 7) is 3.18. The minimum atomic E-state index is -1.09. The molecular formula is C25H30FNO6. The number of ether oxygens (including phenoxy) is 2. The van der Waals surface area contributed by atoms with Crippen molar-refractivity contribution in [3.05, 3.63) is 65.0 Å². The van der Waals surface area contributed by atoms with Crippen molar-refractivity contribution in [3.8, 4) is 5.75 Å². The third-order valence-electron chi connectivity index (χ3n) is 5.80. The van der Waals surface area contributed by atoms with E-state index >= 15 is 0 Å². The van der Waals surface area contributed by atoms with Crippen molar-refractivity contribution in [1.82, 2.24) is 5.32 Å². The summed E-state index contributed by atoms with van der Waals surface area (Å²) >= 11 is 0. The Labute approximate surface area is 192 Å². The van der Waals surface area contributed by atoms with Crippen LogP contribution in [0.2, 0.25) is 0 Å². The van der Waals surface area contributed by atoms with Crippen LogP contribution in [0.25, 0.3) is 0 Å². The van der Waals surface area contributed by atoms with Gasteiger partial charge in [0.1, 0.15) is 11.6 Å². The molecule has 0 aromatic heterocycles. The number of amides is 1. The monoisotopic (exact) mass is 459 g/mol. The Bertz CT molecular complexity index is 979. The van der Waals surface area contributed by atoms with Gasteiger partial charge in [0.25, 0.3) is 0 Å². The van der Waals surface area contributed by atoms with Crippen molar-refractivity contribution >= 4 is 11.9 Å². The number of aryl methyl sites for hydroxylation is 1. The Morgan fingerprint density at radius 2 is 1.88 bits per heavy atom. The number of rotatable bonds is 9. The molecule has 0 spiro atoms. The van der Waals surface area contributed by atoms with Crippen molar-refractivity contribution < 1.29 is 33.7 Å². The van der Waals surface area contributed by atoms with E-state index in [1.165, 1.54) is 12.1 Å². The maximum Gasteiger partial charge on any atom is 0.341 e. The molecule has 2 aromatic carbocycles. The molecule has 2 aromatic rings. The lowest BCUT2D eigenvalue weighted by molar-refractivity contribution is -0.139. The van der Waals surface area contributed by atoms with Crippen molar-refractivity contribution in [1.29, 1.82) is 0 Å². The highest BCUT2D eigenvalue weighted by Crippen LogP contribution is 2.46. The van der Waals surface area contributed by atoms with Crippen LogP contribution in [0.4, 0.5) is 4.39 Å². The molecule has 0 saturated carbocycles. The van der Waals surface area contributed by atoms with Crippen LogP contribution < -0.4 is 10.1 Å². The molecule has 1 aliphatic heterocycles. The molecule has 8 heteroatoms. The van der Waals surface area contributed by atoms with Crippen molar-refractivity contribution in [2.75, 3.05) is 13.2 Å². The largest absolute Gasteiger partial charge is 0.482 e. The van der Waals surface area contributed by atoms with Gasteiger partial charge in [0.2, 0.25) is 5.91 Å². The van der Waals surface area contributed by atoms with Gasteiger partial charge >= 0.3 is 5.97 Å². The number of carboxylic acids is 1. The quantitative estimate of drug-likeness (QED) is 0.528. The van der Waals surface area contributed by atoms with Crippen LogP contribution in [0.5, 0.6) is 5.75 Å². The summed E-state index contributed by atoms with van der Waals surface area (Å²) in [5.41, 5.74) is 1.82. The Morgan fingerprint density at radius 1 is 1.18 bits per heavy atom. The highest BCUT2D eigenvalue weighted by molar-refractivity contribution is 5.76. The summed E-state index contributed by atoms with van der Waals surface area (Å²) in [5, 5.41) is 21.2. The number of carboxylic acid groups (broad SMARTS) is 1. The number of aliphatic hydroxyl groups excluding tert-OH is 1. The van der Waals surface area contributed by atoms with Gasteiger partial charge in [-0.3, -0.25) is 4.79 Å². The standard InChI is InChI=1S/C25H30FNO6/c1-3-16-4-9-20(32-15-24(30)31)19(12-16)22-14-25(2,27-23(29)10-11-28)13-21(33-22)17-5-7-18(26)8-6-17/h4-9,12,21-22,28H,3,10-11,13-15H2,1-2H3,(H,27,29)(H,30,31)/t21-,22+,25+/m0/s1. The van der Waals surface area contributed by atoms with Crippen LogP contribution in [-0.4, -0.2) is 40.8 Å². The topological polar surface area (TPSA) is 105 Å². The van der Waals surface area contributed by atoms with E-state index in [2.05, 4.69) is 5.32 Å². The Morgan fingerprint density at radius 3 is 2.52 bits per heavy atom. The zero-order chi connectivity index (χ0) is 24.0. The molecule has 178 valence electrons. The minimum absolute atomic E-state index is 0.0133. The molecule has 1 amide bonds. The van der Waals surface area contributed by atoms with Crippen LogP contribution in [0, 0.1) is 5.82 Å². The third-order valence-corrected chi connectivity index (χ3v) is 5.80. The van der Waals surface area contributed by atoms with E-state index < -0.39 is 30.3 Å². The SMILES string of the molecule is CCc1ccc(OCC(=O)O)c([C@H]2C[C@](C)(NC(=O)CCO)C[C@@H](c3ccc(F)cc3)O2)c1. The molecule has 0 aliphatic carbocycles. The number of carbonyl (C=O) groups excluding carboxylic acids is 1. The minimum Gasteiger partial charge on any atom is -0.482 e. The van der Waals surface area contributed by atoms with E-state index in [9.17, 15) is 14.0 Å². The molecule has 3 N–H and O–H groups in total. The smallest absolute Gasteiger partial charge is 0.341 e. The van der Waals surface area contributed by atoms with Gasteiger partial charge in [-0.1, -0.05) is 25.1 Å². The van der Waals surface area contributed by atoms with E-state index in [-0.39, 0.29) is 24.8 Å². The second-order valence-electron chi connectivity index (χ2n) is 8.56. The van der Waals surface area contributed by atoms with Crippen LogP contribution in [0.15, 0.2) is 42.5 Å². The number of aliphatic carboxylic acids is 1. The van der Waals surface area contributed by atoms with Crippen LogP contribution in [0.1, 0.15) is 62.0 Å². The molecule has 7 nitrogen and oxygen atoms in total. The zero-order valence-electron chi connectivity index (χ0n) is 18.8. The first kappa shape index (κ1) is 24.7. The van der Waals surface area contributed by atoms with E-state index in [1.54, 1.807) is 18.2 Å². The van der Waals surface area contributed by atoms with Gasteiger partial charge in [-0.2, -0.15) is 0 Å². The van der Waals surface area contributed by atoms with E-state index in [0.717, 1.165) is 17.5 Å². The predicted octanol–water partition coefficient (Wildman–Crippen LogP) is 3.70. The molecule has 3 rings (SSSR count). The van der Waals surface area contributed by atoms with Gasteiger partial charge < -0.3 is 25.0 Å². The second kappa shape index (κ2) is 10.8. The lowest BCUT2D eigenvalue weighted by Gasteiger charge is -2.43. The lowest BCUT2D eigenvalue weighted by atomic mass is 9.81. The van der Waals surface area contributed by atoms with E-state index in [4.69, 9.17) is 19.7 Å². The molecule has 0 radical (unpaired) electrons. The zero-order valence-corrected chi connectivity index (χ0v) is 18.8. The molecule has 3 atom stereocenters. The number of carbonyl (C=O) groups is 2. The fourth-order valence-electron chi connectivity index (χ4n) is 4.20. The predicted molar refractivity (Wildman–Crippen MR) is 119 cm³/mol. The number of benzene rings is 2. The van der Waals surface area contributed by atoms with Gasteiger partial charge in [0.05, 0.1) is 18.8 Å². The Hall–Kier alpha value is -2.97. The highest BCUT2D eigenvalue weighted by Gasteiger charge is 2.41. The maximum atomic E-state index is 13.5. The normalized spacial score (nSPS) is 22.5. The summed E-state index contributed by atoms with van der Waals surface area (Å²) in [5.74, 6) is -1.31. The number of halogens is 1. The molecule has 33 heavy (non-hydrogen) atoms. The maximum absolute atomic E-state index is 13.5. The van der Waals surface area contributed by atoms with Crippen LogP contribution in [0.3, 0.4) is 0 Å². The van der Waals surface area contributed by atoms with E-state index in [0.29, 0.717) is 24.2 Å². The van der Waals surface area contributed by atoms with Crippen molar-refractivity contribution in [2.45, 2.75) is 57.3 Å². The summed E-state index contributed by atoms with van der Waals surface area (Å²) in [4.78, 5) is 23.4. The molecule has 1 saturated heterocycles. The average molecular weight is 460 g/mol. The number of hydrogen-bond donors (Lipinski definition) is 3. The molecular weight excluding hydrogens is 429 g/mol. The van der Waals surface area contributed by atoms with Gasteiger partial charge in [-0.05, 0) is 48.7 Å². The van der Waals surface area contributed by atoms with Gasteiger partial charge in [-0.25, -0.2) is 9.18 Å². The summed E-state index contributed by atoms with van der Waals surface area (Å²) in [6.07, 6.45) is 0.666. The number of aliphatic hydroxyl groups is 1. The molecule has 0 bridgehead atoms. The highest BCUT2D eigenvalue weighted by atomic mass is 19.1. The first-order chi connectivity index (χ1) is 15.7. The molecule has 1 aliphatic rings. The summed E-state index contributed by atoms with van der Waals surface area (Å²) in [6, 6.07) is 11.6. The first-order valence-corrected chi connectivity index (χ1v) is 11.0. The molecule has 0 unspecified atom stereocenters.